The molecule has 3 heterocycles. The fraction of sp³-hybridized carbons (Fsp3) is 0.800. The molecule has 82 valence electrons. The van der Waals surface area contributed by atoms with Gasteiger partial charge in [-0.1, -0.05) is 0 Å². The minimum absolute atomic E-state index is 0.185. The monoisotopic (exact) mass is 212 g/mol. The maximum absolute atomic E-state index is 11.2. The van der Waals surface area contributed by atoms with Gasteiger partial charge in [0.25, 0.3) is 0 Å². The predicted octanol–water partition coefficient (Wildman–Crippen LogP) is 0.182. The molecule has 0 aromatic carbocycles. The van der Waals surface area contributed by atoms with Crippen molar-refractivity contribution in [3.63, 3.8) is 0 Å². The molecule has 5 nitrogen and oxygen atoms in total. The lowest BCUT2D eigenvalue weighted by atomic mass is 9.69. The van der Waals surface area contributed by atoms with Crippen molar-refractivity contribution in [1.82, 2.24) is 0 Å². The fourth-order valence-corrected chi connectivity index (χ4v) is 3.22. The van der Waals surface area contributed by atoms with E-state index in [0.29, 0.717) is 0 Å². The number of aliphatic carboxylic acids is 1. The summed E-state index contributed by atoms with van der Waals surface area (Å²) in [5, 5.41) is 9.13. The average Bonchev–Trinajstić information content (AvgIpc) is 2.70. The van der Waals surface area contributed by atoms with Crippen molar-refractivity contribution in [3.8, 4) is 0 Å². The van der Waals surface area contributed by atoms with Gasteiger partial charge < -0.3 is 14.6 Å². The molecule has 0 radical (unpaired) electrons. The van der Waals surface area contributed by atoms with Gasteiger partial charge in [0.1, 0.15) is 12.2 Å². The lowest BCUT2D eigenvalue weighted by Gasteiger charge is -2.37. The number of hydrogen-bond acceptors (Lipinski definition) is 4. The maximum atomic E-state index is 11.2. The molecule has 3 rings (SSSR count). The Morgan fingerprint density at radius 2 is 2.33 bits per heavy atom. The van der Waals surface area contributed by atoms with Gasteiger partial charge in [0.15, 0.2) is 0 Å². The van der Waals surface area contributed by atoms with Crippen LogP contribution in [0.5, 0.6) is 0 Å². The number of fused-ring (bicyclic) bond motifs is 1. The quantitative estimate of drug-likeness (QED) is 0.628. The highest BCUT2D eigenvalue weighted by Crippen LogP contribution is 2.54. The summed E-state index contributed by atoms with van der Waals surface area (Å²) in [5.74, 6) is -1.85. The first kappa shape index (κ1) is 9.15. The number of ether oxygens (including phenoxy) is 2. The van der Waals surface area contributed by atoms with Gasteiger partial charge in [0.05, 0.1) is 18.4 Å². The van der Waals surface area contributed by atoms with Crippen LogP contribution >= 0.6 is 0 Å². The third-order valence-corrected chi connectivity index (χ3v) is 3.90. The van der Waals surface area contributed by atoms with Crippen molar-refractivity contribution in [2.24, 2.45) is 11.8 Å². The third kappa shape index (κ3) is 1.07. The fourth-order valence-electron chi connectivity index (χ4n) is 3.22. The van der Waals surface area contributed by atoms with Crippen LogP contribution in [-0.4, -0.2) is 35.4 Å². The van der Waals surface area contributed by atoms with Crippen LogP contribution in [0.3, 0.4) is 0 Å². The Kier molecular flexibility index (Phi) is 1.66. The largest absolute Gasteiger partial charge is 0.481 e. The van der Waals surface area contributed by atoms with Crippen molar-refractivity contribution in [1.29, 1.82) is 0 Å². The van der Waals surface area contributed by atoms with Gasteiger partial charge in [-0.15, -0.1) is 0 Å². The standard InChI is InChI=1S/C10H12O5/c11-7-3-5-8(9(12)13)6-1-2-10(5,15-6)4-14-7/h5-6,8H,1-4H2,(H,12,13)/t5-,6-,8+,10+/m1/s1. The van der Waals surface area contributed by atoms with E-state index in [1.54, 1.807) is 0 Å². The molecular weight excluding hydrogens is 200 g/mol. The average molecular weight is 212 g/mol. The molecule has 0 aromatic heterocycles. The van der Waals surface area contributed by atoms with E-state index in [1.165, 1.54) is 0 Å². The molecule has 1 spiro atoms. The topological polar surface area (TPSA) is 72.8 Å². The first-order valence-electron chi connectivity index (χ1n) is 5.19. The van der Waals surface area contributed by atoms with E-state index in [9.17, 15) is 9.59 Å². The van der Waals surface area contributed by atoms with E-state index in [1.807, 2.05) is 0 Å². The van der Waals surface area contributed by atoms with Crippen molar-refractivity contribution in [2.75, 3.05) is 6.61 Å². The Bertz CT molecular complexity index is 339. The summed E-state index contributed by atoms with van der Waals surface area (Å²) < 4.78 is 10.7. The van der Waals surface area contributed by atoms with Gasteiger partial charge in [-0.2, -0.15) is 0 Å². The van der Waals surface area contributed by atoms with Crippen LogP contribution in [0, 0.1) is 11.8 Å². The summed E-state index contributed by atoms with van der Waals surface area (Å²) >= 11 is 0. The molecule has 0 aliphatic carbocycles. The summed E-state index contributed by atoms with van der Waals surface area (Å²) in [4.78, 5) is 22.3. The molecule has 3 fully saturated rings. The molecule has 0 aromatic rings. The Morgan fingerprint density at radius 1 is 1.53 bits per heavy atom. The van der Waals surface area contributed by atoms with E-state index in [-0.39, 0.29) is 31.0 Å². The summed E-state index contributed by atoms with van der Waals surface area (Å²) in [7, 11) is 0. The van der Waals surface area contributed by atoms with Crippen LogP contribution in [0.4, 0.5) is 0 Å². The van der Waals surface area contributed by atoms with Crippen LogP contribution in [0.2, 0.25) is 0 Å². The van der Waals surface area contributed by atoms with Crippen LogP contribution < -0.4 is 0 Å². The van der Waals surface area contributed by atoms with Gasteiger partial charge in [0, 0.05) is 5.92 Å². The second-order valence-corrected chi connectivity index (χ2v) is 4.60. The first-order chi connectivity index (χ1) is 7.12. The Labute approximate surface area is 86.4 Å². The first-order valence-corrected chi connectivity index (χ1v) is 5.19. The highest BCUT2D eigenvalue weighted by molar-refractivity contribution is 5.76. The third-order valence-electron chi connectivity index (χ3n) is 3.90. The van der Waals surface area contributed by atoms with E-state index in [0.717, 1.165) is 12.8 Å². The number of esters is 1. The van der Waals surface area contributed by atoms with Crippen molar-refractivity contribution >= 4 is 11.9 Å². The number of carboxylic acids is 1. The van der Waals surface area contributed by atoms with Crippen molar-refractivity contribution < 1.29 is 24.2 Å². The zero-order valence-electron chi connectivity index (χ0n) is 8.14. The summed E-state index contributed by atoms with van der Waals surface area (Å²) in [6.07, 6.45) is 1.56. The molecule has 3 aliphatic rings. The Hall–Kier alpha value is -1.10. The molecular formula is C10H12O5. The van der Waals surface area contributed by atoms with Crippen LogP contribution in [0.15, 0.2) is 0 Å². The van der Waals surface area contributed by atoms with Gasteiger partial charge in [-0.25, -0.2) is 0 Å². The molecule has 1 N–H and O–H groups in total. The summed E-state index contributed by atoms with van der Waals surface area (Å²) in [5.41, 5.74) is -0.484. The van der Waals surface area contributed by atoms with Crippen molar-refractivity contribution in [2.45, 2.75) is 31.0 Å². The molecule has 15 heavy (non-hydrogen) atoms. The van der Waals surface area contributed by atoms with Crippen LogP contribution in [-0.2, 0) is 19.1 Å². The van der Waals surface area contributed by atoms with E-state index in [2.05, 4.69) is 0 Å². The molecule has 0 saturated carbocycles. The minimum atomic E-state index is -0.846. The predicted molar refractivity (Wildman–Crippen MR) is 47.0 cm³/mol. The van der Waals surface area contributed by atoms with Gasteiger partial charge >= 0.3 is 11.9 Å². The molecule has 4 atom stereocenters. The van der Waals surface area contributed by atoms with Gasteiger partial charge in [0.2, 0.25) is 0 Å². The number of carbonyl (C=O) groups excluding carboxylic acids is 1. The highest BCUT2D eigenvalue weighted by atomic mass is 16.6. The second-order valence-electron chi connectivity index (χ2n) is 4.60. The Morgan fingerprint density at radius 3 is 3.07 bits per heavy atom. The minimum Gasteiger partial charge on any atom is -0.481 e. The van der Waals surface area contributed by atoms with E-state index >= 15 is 0 Å². The number of cyclic esters (lactones) is 1. The molecule has 5 heteroatoms. The van der Waals surface area contributed by atoms with Crippen LogP contribution in [0.25, 0.3) is 0 Å². The lowest BCUT2D eigenvalue weighted by molar-refractivity contribution is -0.167. The van der Waals surface area contributed by atoms with Crippen LogP contribution in [0.1, 0.15) is 19.3 Å². The smallest absolute Gasteiger partial charge is 0.309 e. The normalized spacial score (nSPS) is 47.5. The molecule has 3 aliphatic heterocycles. The Balaban J connectivity index is 1.95. The summed E-state index contributed by atoms with van der Waals surface area (Å²) in [6, 6.07) is 0. The number of hydrogen-bond donors (Lipinski definition) is 1. The van der Waals surface area contributed by atoms with E-state index < -0.39 is 17.5 Å². The number of rotatable bonds is 1. The SMILES string of the molecule is O=C1C[C@@H]2[C@H](C(=O)O)[C@H]3CC[C@@]2(CO1)O3. The van der Waals surface area contributed by atoms with Gasteiger partial charge in [-0.05, 0) is 12.8 Å². The van der Waals surface area contributed by atoms with Crippen molar-refractivity contribution in [3.05, 3.63) is 0 Å². The molecule has 0 amide bonds. The maximum Gasteiger partial charge on any atom is 0.309 e. The zero-order chi connectivity index (χ0) is 10.6. The van der Waals surface area contributed by atoms with E-state index in [4.69, 9.17) is 14.6 Å². The molecule has 3 saturated heterocycles. The number of carbonyl (C=O) groups is 2. The zero-order valence-corrected chi connectivity index (χ0v) is 8.14. The summed E-state index contributed by atoms with van der Waals surface area (Å²) in [6.45, 7) is 0.233. The second kappa shape index (κ2) is 2.72. The van der Waals surface area contributed by atoms with Gasteiger partial charge in [-0.3, -0.25) is 9.59 Å². The molecule has 0 unspecified atom stereocenters. The number of carboxylic acid groups (broad SMARTS) is 1. The lowest BCUT2D eigenvalue weighted by Crippen LogP contribution is -2.49. The highest BCUT2D eigenvalue weighted by Gasteiger charge is 2.64. The molecule has 2 bridgehead atoms.